The van der Waals surface area contributed by atoms with Crippen LogP contribution in [0.4, 0.5) is 10.1 Å². The van der Waals surface area contributed by atoms with E-state index < -0.39 is 6.04 Å². The van der Waals surface area contributed by atoms with Crippen molar-refractivity contribution >= 4 is 40.2 Å². The number of rotatable bonds is 5. The summed E-state index contributed by atoms with van der Waals surface area (Å²) in [7, 11) is 3.49. The first kappa shape index (κ1) is 23.0. The van der Waals surface area contributed by atoms with E-state index in [1.165, 1.54) is 23.9 Å². The molecule has 0 saturated carbocycles. The van der Waals surface area contributed by atoms with Crippen molar-refractivity contribution in [1.82, 2.24) is 9.88 Å². The number of amides is 2. The molecule has 1 aliphatic heterocycles. The molecule has 1 aromatic heterocycles. The number of nitrogens with zero attached hydrogens (tertiary/aromatic N) is 2. The van der Waals surface area contributed by atoms with Gasteiger partial charge in [0.15, 0.2) is 0 Å². The monoisotopic (exact) mass is 489 g/mol. The van der Waals surface area contributed by atoms with E-state index >= 15 is 0 Å². The average Bonchev–Trinajstić information content (AvgIpc) is 3.06. The van der Waals surface area contributed by atoms with E-state index in [4.69, 9.17) is 4.74 Å². The van der Waals surface area contributed by atoms with Crippen LogP contribution in [0.15, 0.2) is 77.8 Å². The molecule has 1 aliphatic rings. The van der Waals surface area contributed by atoms with Gasteiger partial charge >= 0.3 is 0 Å². The van der Waals surface area contributed by atoms with Gasteiger partial charge in [0.1, 0.15) is 17.6 Å². The van der Waals surface area contributed by atoms with Crippen molar-refractivity contribution in [3.8, 4) is 5.75 Å². The van der Waals surface area contributed by atoms with Gasteiger partial charge in [-0.15, -0.1) is 0 Å². The minimum absolute atomic E-state index is 0.178. The van der Waals surface area contributed by atoms with Crippen LogP contribution in [0.25, 0.3) is 10.9 Å². The van der Waals surface area contributed by atoms with Gasteiger partial charge in [-0.2, -0.15) is 0 Å². The average molecular weight is 490 g/mol. The van der Waals surface area contributed by atoms with Gasteiger partial charge in [-0.3, -0.25) is 14.5 Å². The molecule has 5 rings (SSSR count). The number of hydrogen-bond donors (Lipinski definition) is 1. The van der Waals surface area contributed by atoms with Gasteiger partial charge in [0.25, 0.3) is 0 Å². The highest BCUT2D eigenvalue weighted by atomic mass is 32.2. The zero-order valence-corrected chi connectivity index (χ0v) is 20.1. The van der Waals surface area contributed by atoms with Crippen molar-refractivity contribution in [2.24, 2.45) is 7.05 Å². The molecular formula is C27H24FN3O3S. The quantitative estimate of drug-likeness (QED) is 0.437. The van der Waals surface area contributed by atoms with Gasteiger partial charge in [0, 0.05) is 30.1 Å². The Kier molecular flexibility index (Phi) is 6.21. The second-order valence-corrected chi connectivity index (χ2v) is 9.23. The van der Waals surface area contributed by atoms with Gasteiger partial charge in [0.05, 0.1) is 23.6 Å². The van der Waals surface area contributed by atoms with Crippen LogP contribution < -0.4 is 15.0 Å². The van der Waals surface area contributed by atoms with Crippen LogP contribution in [0, 0.1) is 5.82 Å². The molecular weight excluding hydrogens is 465 g/mol. The van der Waals surface area contributed by atoms with Crippen LogP contribution in [0.2, 0.25) is 0 Å². The SMILES string of the molecule is COc1ccccc1N1C(=O)CSc2c(c3ccccc3n2C)C1C(=O)NCc1ccc(F)cc1. The highest BCUT2D eigenvalue weighted by Crippen LogP contribution is 2.45. The summed E-state index contributed by atoms with van der Waals surface area (Å²) in [5, 5.41) is 4.76. The third-order valence-corrected chi connectivity index (χ3v) is 7.35. The summed E-state index contributed by atoms with van der Waals surface area (Å²) >= 11 is 1.43. The van der Waals surface area contributed by atoms with Crippen molar-refractivity contribution < 1.29 is 18.7 Å². The second kappa shape index (κ2) is 9.46. The number of carbonyl (C=O) groups is 2. The Hall–Kier alpha value is -3.78. The topological polar surface area (TPSA) is 63.6 Å². The lowest BCUT2D eigenvalue weighted by atomic mass is 10.0. The summed E-state index contributed by atoms with van der Waals surface area (Å²) < 4.78 is 20.9. The number of thioether (sulfide) groups is 1. The maximum atomic E-state index is 13.9. The molecule has 1 unspecified atom stereocenters. The van der Waals surface area contributed by atoms with E-state index in [1.807, 2.05) is 48.0 Å². The number of carbonyl (C=O) groups excluding carboxylic acids is 2. The Morgan fingerprint density at radius 1 is 1.09 bits per heavy atom. The van der Waals surface area contributed by atoms with Gasteiger partial charge in [-0.1, -0.05) is 54.2 Å². The number of anilines is 1. The first-order valence-electron chi connectivity index (χ1n) is 11.2. The number of aromatic nitrogens is 1. The number of methoxy groups -OCH3 is 1. The Labute approximate surface area is 206 Å². The van der Waals surface area contributed by atoms with Crippen molar-refractivity contribution in [2.75, 3.05) is 17.8 Å². The van der Waals surface area contributed by atoms with E-state index in [0.29, 0.717) is 11.4 Å². The van der Waals surface area contributed by atoms with E-state index in [0.717, 1.165) is 27.1 Å². The molecule has 2 amide bonds. The molecule has 0 spiro atoms. The first-order chi connectivity index (χ1) is 17.0. The lowest BCUT2D eigenvalue weighted by Crippen LogP contribution is -2.44. The van der Waals surface area contributed by atoms with Crippen molar-refractivity contribution in [3.63, 3.8) is 0 Å². The number of benzene rings is 3. The predicted octanol–water partition coefficient (Wildman–Crippen LogP) is 4.82. The van der Waals surface area contributed by atoms with Gasteiger partial charge < -0.3 is 14.6 Å². The lowest BCUT2D eigenvalue weighted by molar-refractivity contribution is -0.125. The fourth-order valence-corrected chi connectivity index (χ4v) is 5.62. The zero-order valence-electron chi connectivity index (χ0n) is 19.3. The summed E-state index contributed by atoms with van der Waals surface area (Å²) in [5.74, 6) is -0.174. The molecule has 6 nitrogen and oxygen atoms in total. The number of para-hydroxylation sites is 3. The number of halogens is 1. The third-order valence-electron chi connectivity index (χ3n) is 6.20. The summed E-state index contributed by atoms with van der Waals surface area (Å²) in [5.41, 5.74) is 3.05. The summed E-state index contributed by atoms with van der Waals surface area (Å²) in [6, 6.07) is 20.1. The number of fused-ring (bicyclic) bond motifs is 3. The van der Waals surface area contributed by atoms with Crippen molar-refractivity contribution in [2.45, 2.75) is 17.6 Å². The van der Waals surface area contributed by atoms with Crippen LogP contribution in [0.3, 0.4) is 0 Å². The van der Waals surface area contributed by atoms with E-state index in [1.54, 1.807) is 36.3 Å². The molecule has 0 bridgehead atoms. The maximum absolute atomic E-state index is 13.9. The minimum atomic E-state index is -0.921. The molecule has 4 aromatic rings. The van der Waals surface area contributed by atoms with Gasteiger partial charge in [0.2, 0.25) is 11.8 Å². The van der Waals surface area contributed by atoms with E-state index in [-0.39, 0.29) is 29.9 Å². The lowest BCUT2D eigenvalue weighted by Gasteiger charge is -2.30. The molecule has 0 radical (unpaired) electrons. The summed E-state index contributed by atoms with van der Waals surface area (Å²) in [6.07, 6.45) is 0. The van der Waals surface area contributed by atoms with Crippen molar-refractivity contribution in [1.29, 1.82) is 0 Å². The van der Waals surface area contributed by atoms with Crippen LogP contribution in [0.1, 0.15) is 17.2 Å². The molecule has 1 atom stereocenters. The Bertz CT molecular complexity index is 1420. The molecule has 2 heterocycles. The fourth-order valence-electron chi connectivity index (χ4n) is 4.55. The smallest absolute Gasteiger partial charge is 0.248 e. The largest absolute Gasteiger partial charge is 0.495 e. The van der Waals surface area contributed by atoms with Crippen LogP contribution in [-0.4, -0.2) is 29.2 Å². The second-order valence-electron chi connectivity index (χ2n) is 8.27. The maximum Gasteiger partial charge on any atom is 0.248 e. The third kappa shape index (κ3) is 4.14. The normalized spacial score (nSPS) is 15.6. The first-order valence-corrected chi connectivity index (χ1v) is 12.2. The van der Waals surface area contributed by atoms with E-state index in [9.17, 15) is 14.0 Å². The van der Waals surface area contributed by atoms with Crippen LogP contribution in [-0.2, 0) is 23.2 Å². The van der Waals surface area contributed by atoms with Crippen molar-refractivity contribution in [3.05, 3.63) is 89.7 Å². The molecule has 1 N–H and O–H groups in total. The Morgan fingerprint density at radius 3 is 2.57 bits per heavy atom. The molecule has 3 aromatic carbocycles. The summed E-state index contributed by atoms with van der Waals surface area (Å²) in [4.78, 5) is 29.0. The molecule has 8 heteroatoms. The molecule has 0 fully saturated rings. The van der Waals surface area contributed by atoms with Crippen LogP contribution in [0.5, 0.6) is 5.75 Å². The highest BCUT2D eigenvalue weighted by molar-refractivity contribution is 8.00. The highest BCUT2D eigenvalue weighted by Gasteiger charge is 2.40. The number of nitrogens with one attached hydrogen (secondary N) is 1. The Balaban J connectivity index is 1.65. The predicted molar refractivity (Wildman–Crippen MR) is 135 cm³/mol. The molecule has 0 saturated heterocycles. The van der Waals surface area contributed by atoms with Gasteiger partial charge in [-0.05, 0) is 35.9 Å². The number of ether oxygens (including phenoxy) is 1. The molecule has 178 valence electrons. The van der Waals surface area contributed by atoms with Crippen LogP contribution >= 0.6 is 11.8 Å². The van der Waals surface area contributed by atoms with Gasteiger partial charge in [-0.25, -0.2) is 4.39 Å². The standard InChI is InChI=1S/C27H24FN3O3S/c1-30-20-8-4-3-7-19(20)24-25(26(33)29-15-17-11-13-18(28)14-12-17)31(23(32)16-35-27(24)30)21-9-5-6-10-22(21)34-2/h3-14,25H,15-16H2,1-2H3,(H,29,33). The summed E-state index contributed by atoms with van der Waals surface area (Å²) in [6.45, 7) is 0.205. The fraction of sp³-hybridized carbons (Fsp3) is 0.185. The minimum Gasteiger partial charge on any atom is -0.495 e. The molecule has 35 heavy (non-hydrogen) atoms. The number of hydrogen-bond acceptors (Lipinski definition) is 4. The zero-order chi connectivity index (χ0) is 24.5. The molecule has 0 aliphatic carbocycles. The number of aryl methyl sites for hydroxylation is 1. The Morgan fingerprint density at radius 2 is 1.80 bits per heavy atom. The van der Waals surface area contributed by atoms with E-state index in [2.05, 4.69) is 5.32 Å².